The number of rotatable bonds is 6. The van der Waals surface area contributed by atoms with Gasteiger partial charge in [0.05, 0.1) is 18.7 Å². The van der Waals surface area contributed by atoms with Gasteiger partial charge in [0.1, 0.15) is 12.1 Å². The average Bonchev–Trinajstić information content (AvgIpc) is 3.30. The van der Waals surface area contributed by atoms with Crippen molar-refractivity contribution >= 4 is 18.3 Å². The van der Waals surface area contributed by atoms with Crippen molar-refractivity contribution in [3.63, 3.8) is 0 Å². The van der Waals surface area contributed by atoms with E-state index in [4.69, 9.17) is 11.0 Å². The first-order valence-corrected chi connectivity index (χ1v) is 9.68. The van der Waals surface area contributed by atoms with E-state index in [2.05, 4.69) is 30.3 Å². The van der Waals surface area contributed by atoms with Crippen LogP contribution in [0.15, 0.2) is 34.6 Å². The lowest BCUT2D eigenvalue weighted by Crippen LogP contribution is -2.46. The number of hydrogen-bond donors (Lipinski definition) is 1. The highest BCUT2D eigenvalue weighted by Gasteiger charge is 2.31. The molecular formula is C20H29ClN6O. The molecule has 8 heteroatoms. The molecule has 2 aliphatic heterocycles. The molecule has 1 aromatic rings. The summed E-state index contributed by atoms with van der Waals surface area (Å²) in [4.78, 5) is 14.2. The van der Waals surface area contributed by atoms with Crippen molar-refractivity contribution in [2.75, 3.05) is 19.6 Å². The quantitative estimate of drug-likeness (QED) is 0.787. The Balaban J connectivity index is 0.00000280. The molecule has 0 aromatic heterocycles. The molecule has 28 heavy (non-hydrogen) atoms. The van der Waals surface area contributed by atoms with Crippen molar-refractivity contribution in [1.82, 2.24) is 9.91 Å². The Morgan fingerprint density at radius 1 is 1.36 bits per heavy atom. The summed E-state index contributed by atoms with van der Waals surface area (Å²) in [5, 5.41) is 19.8. The SMILES string of the molecule is CC(C)CN1CC(c2ccc(C[C@H](N)C(=O)N3CCC[C@H]3C#N)cc2)N=N1.Cl. The number of nitrogens with zero attached hydrogens (tertiary/aromatic N) is 5. The number of nitriles is 1. The third-order valence-corrected chi connectivity index (χ3v) is 5.10. The summed E-state index contributed by atoms with van der Waals surface area (Å²) in [5.74, 6) is 0.428. The van der Waals surface area contributed by atoms with E-state index in [0.29, 0.717) is 18.9 Å². The monoisotopic (exact) mass is 404 g/mol. The summed E-state index contributed by atoms with van der Waals surface area (Å²) in [5.41, 5.74) is 8.27. The molecule has 2 aliphatic rings. The minimum Gasteiger partial charge on any atom is -0.325 e. The van der Waals surface area contributed by atoms with Gasteiger partial charge in [-0.25, -0.2) is 0 Å². The van der Waals surface area contributed by atoms with Gasteiger partial charge in [-0.2, -0.15) is 10.4 Å². The highest BCUT2D eigenvalue weighted by Crippen LogP contribution is 2.26. The molecular weight excluding hydrogens is 376 g/mol. The summed E-state index contributed by atoms with van der Waals surface area (Å²) in [6, 6.07) is 9.42. The van der Waals surface area contributed by atoms with E-state index in [1.54, 1.807) is 4.90 Å². The average molecular weight is 405 g/mol. The largest absolute Gasteiger partial charge is 0.325 e. The summed E-state index contributed by atoms with van der Waals surface area (Å²) in [6.45, 7) is 6.69. The maximum atomic E-state index is 12.5. The van der Waals surface area contributed by atoms with Crippen LogP contribution in [0.5, 0.6) is 0 Å². The standard InChI is InChI=1S/C20H28N6O.ClH/c1-14(2)12-25-13-19(23-24-25)16-7-5-15(6-8-16)10-18(22)20(27)26-9-3-4-17(26)11-21;/h5-8,14,17-19H,3-4,9-10,12-13,22H2,1-2H3;1H/t17-,18-,19?;/m0./s1. The minimum atomic E-state index is -0.613. The molecule has 0 bridgehead atoms. The number of likely N-dealkylation sites (tertiary alicyclic amines) is 1. The summed E-state index contributed by atoms with van der Waals surface area (Å²) >= 11 is 0. The van der Waals surface area contributed by atoms with Crippen LogP contribution in [0.1, 0.15) is 43.9 Å². The van der Waals surface area contributed by atoms with Crippen LogP contribution in [0.4, 0.5) is 0 Å². The lowest BCUT2D eigenvalue weighted by Gasteiger charge is -2.23. The van der Waals surface area contributed by atoms with Crippen LogP contribution >= 0.6 is 12.4 Å². The Morgan fingerprint density at radius 3 is 2.71 bits per heavy atom. The summed E-state index contributed by atoms with van der Waals surface area (Å²) < 4.78 is 0. The molecule has 152 valence electrons. The molecule has 1 saturated heterocycles. The molecule has 0 radical (unpaired) electrons. The summed E-state index contributed by atoms with van der Waals surface area (Å²) in [6.07, 6.45) is 2.09. The molecule has 7 nitrogen and oxygen atoms in total. The normalized spacial score (nSPS) is 22.2. The van der Waals surface area contributed by atoms with Crippen molar-refractivity contribution in [1.29, 1.82) is 5.26 Å². The number of amides is 1. The van der Waals surface area contributed by atoms with Crippen LogP contribution in [-0.2, 0) is 11.2 Å². The molecule has 0 spiro atoms. The smallest absolute Gasteiger partial charge is 0.240 e. The minimum absolute atomic E-state index is 0. The number of hydrogen-bond acceptors (Lipinski definition) is 6. The molecule has 3 rings (SSSR count). The molecule has 2 N–H and O–H groups in total. The second-order valence-corrected chi connectivity index (χ2v) is 7.86. The zero-order valence-electron chi connectivity index (χ0n) is 16.5. The number of benzene rings is 1. The fourth-order valence-electron chi connectivity index (χ4n) is 3.71. The first-order valence-electron chi connectivity index (χ1n) is 9.68. The first kappa shape index (κ1) is 22.1. The van der Waals surface area contributed by atoms with Gasteiger partial charge in [-0.3, -0.25) is 9.80 Å². The van der Waals surface area contributed by atoms with Gasteiger partial charge in [0.2, 0.25) is 5.91 Å². The molecule has 1 aromatic carbocycles. The number of carbonyl (C=O) groups excluding carboxylic acids is 1. The fourth-order valence-corrected chi connectivity index (χ4v) is 3.71. The molecule has 1 unspecified atom stereocenters. The number of nitrogens with two attached hydrogens (primary N) is 1. The van der Waals surface area contributed by atoms with E-state index >= 15 is 0 Å². The van der Waals surface area contributed by atoms with Gasteiger partial charge >= 0.3 is 0 Å². The molecule has 0 saturated carbocycles. The van der Waals surface area contributed by atoms with Gasteiger partial charge in [-0.15, -0.1) is 12.4 Å². The van der Waals surface area contributed by atoms with Crippen LogP contribution in [0.3, 0.4) is 0 Å². The van der Waals surface area contributed by atoms with Crippen molar-refractivity contribution in [3.05, 3.63) is 35.4 Å². The van der Waals surface area contributed by atoms with E-state index in [1.807, 2.05) is 29.3 Å². The number of halogens is 1. The molecule has 0 aliphatic carbocycles. The van der Waals surface area contributed by atoms with Crippen LogP contribution in [0.2, 0.25) is 0 Å². The molecule has 2 heterocycles. The Morgan fingerprint density at radius 2 is 2.07 bits per heavy atom. The van der Waals surface area contributed by atoms with Crippen LogP contribution in [0, 0.1) is 17.2 Å². The van der Waals surface area contributed by atoms with E-state index in [0.717, 1.165) is 37.1 Å². The van der Waals surface area contributed by atoms with Crippen molar-refractivity contribution in [2.45, 2.75) is 51.2 Å². The maximum Gasteiger partial charge on any atom is 0.240 e. The summed E-state index contributed by atoms with van der Waals surface area (Å²) in [7, 11) is 0. The lowest BCUT2D eigenvalue weighted by molar-refractivity contribution is -0.132. The van der Waals surface area contributed by atoms with Gasteiger partial charge < -0.3 is 10.6 Å². The van der Waals surface area contributed by atoms with E-state index in [-0.39, 0.29) is 30.4 Å². The Kier molecular flexibility index (Phi) is 7.78. The fraction of sp³-hybridized carbons (Fsp3) is 0.600. The van der Waals surface area contributed by atoms with Gasteiger partial charge in [0.15, 0.2) is 0 Å². The van der Waals surface area contributed by atoms with E-state index < -0.39 is 6.04 Å². The zero-order valence-corrected chi connectivity index (χ0v) is 17.3. The van der Waals surface area contributed by atoms with Crippen molar-refractivity contribution in [3.8, 4) is 6.07 Å². The van der Waals surface area contributed by atoms with Crippen LogP contribution in [-0.4, -0.2) is 47.5 Å². The van der Waals surface area contributed by atoms with Crippen molar-refractivity contribution < 1.29 is 4.79 Å². The van der Waals surface area contributed by atoms with Crippen LogP contribution < -0.4 is 5.73 Å². The third-order valence-electron chi connectivity index (χ3n) is 5.10. The maximum absolute atomic E-state index is 12.5. The molecule has 1 fully saturated rings. The predicted molar refractivity (Wildman–Crippen MR) is 110 cm³/mol. The van der Waals surface area contributed by atoms with Gasteiger partial charge in [-0.05, 0) is 36.3 Å². The number of carbonyl (C=O) groups is 1. The predicted octanol–water partition coefficient (Wildman–Crippen LogP) is 2.87. The molecule has 3 atom stereocenters. The van der Waals surface area contributed by atoms with E-state index in [1.165, 1.54) is 0 Å². The van der Waals surface area contributed by atoms with Crippen molar-refractivity contribution in [2.24, 2.45) is 22.0 Å². The Labute approximate surface area is 173 Å². The lowest BCUT2D eigenvalue weighted by atomic mass is 10.0. The van der Waals surface area contributed by atoms with Gasteiger partial charge in [0.25, 0.3) is 0 Å². The zero-order chi connectivity index (χ0) is 19.4. The van der Waals surface area contributed by atoms with E-state index in [9.17, 15) is 4.79 Å². The second kappa shape index (κ2) is 9.85. The highest BCUT2D eigenvalue weighted by molar-refractivity contribution is 5.85. The Bertz CT molecular complexity index is 729. The topological polar surface area (TPSA) is 98.1 Å². The second-order valence-electron chi connectivity index (χ2n) is 7.86. The van der Waals surface area contributed by atoms with Gasteiger partial charge in [0, 0.05) is 13.1 Å². The highest BCUT2D eigenvalue weighted by atomic mass is 35.5. The third kappa shape index (κ3) is 5.21. The van der Waals surface area contributed by atoms with Crippen LogP contribution in [0.25, 0.3) is 0 Å². The van der Waals surface area contributed by atoms with Gasteiger partial charge in [-0.1, -0.05) is 43.3 Å². The molecule has 1 amide bonds. The Hall–Kier alpha value is -2.17. The first-order chi connectivity index (χ1) is 13.0.